The molecule has 8 heteroatoms. The molecule has 27 heavy (non-hydrogen) atoms. The van der Waals surface area contributed by atoms with Crippen LogP contribution in [0.3, 0.4) is 0 Å². The molecule has 1 unspecified atom stereocenters. The van der Waals surface area contributed by atoms with Crippen molar-refractivity contribution in [3.05, 3.63) is 69.2 Å². The maximum Gasteiger partial charge on any atom is 0.317 e. The van der Waals surface area contributed by atoms with Gasteiger partial charge in [-0.1, -0.05) is 24.3 Å². The molecule has 0 spiro atoms. The van der Waals surface area contributed by atoms with Gasteiger partial charge in [0.25, 0.3) is 0 Å². The Morgan fingerprint density at radius 3 is 2.59 bits per heavy atom. The minimum atomic E-state index is -0.932. The first-order chi connectivity index (χ1) is 13.0. The predicted octanol–water partition coefficient (Wildman–Crippen LogP) is 1.60. The molecule has 2 amide bonds. The van der Waals surface area contributed by atoms with E-state index in [2.05, 4.69) is 15.6 Å². The van der Waals surface area contributed by atoms with Gasteiger partial charge in [0.1, 0.15) is 6.04 Å². The smallest absolute Gasteiger partial charge is 0.317 e. The van der Waals surface area contributed by atoms with E-state index in [0.717, 1.165) is 0 Å². The number of nitrogens with one attached hydrogen (secondary N) is 3. The highest BCUT2D eigenvalue weighted by atomic mass is 16.2. The number of carbonyl (C=O) groups is 2. The molecule has 1 atom stereocenters. The van der Waals surface area contributed by atoms with Gasteiger partial charge in [0, 0.05) is 12.1 Å². The first kappa shape index (κ1) is 16.8. The molecular formula is C19H16N4O4. The largest absolute Gasteiger partial charge is 0.326 e. The third kappa shape index (κ3) is 3.01. The molecule has 1 aliphatic rings. The highest BCUT2D eigenvalue weighted by Gasteiger charge is 2.30. The van der Waals surface area contributed by atoms with Gasteiger partial charge in [-0.15, -0.1) is 0 Å². The third-order valence-corrected chi connectivity index (χ3v) is 4.51. The molecule has 3 N–H and O–H groups in total. The van der Waals surface area contributed by atoms with Gasteiger partial charge in [-0.2, -0.15) is 0 Å². The number of amides is 2. The number of aromatic nitrogens is 2. The van der Waals surface area contributed by atoms with Crippen LogP contribution in [-0.2, 0) is 9.59 Å². The first-order valence-electron chi connectivity index (χ1n) is 8.48. The SMILES string of the molecule is O=C(CCC1C(=O)Nc2cccc3[nH]c(=O)c(=O)n1c23)Nc1ccccc1. The molecule has 1 aromatic heterocycles. The Labute approximate surface area is 152 Å². The van der Waals surface area contributed by atoms with E-state index in [1.54, 1.807) is 42.5 Å². The first-order valence-corrected chi connectivity index (χ1v) is 8.48. The normalized spacial score (nSPS) is 15.4. The van der Waals surface area contributed by atoms with Crippen LogP contribution in [0.15, 0.2) is 58.1 Å². The summed E-state index contributed by atoms with van der Waals surface area (Å²) in [5, 5.41) is 5.48. The van der Waals surface area contributed by atoms with E-state index in [0.29, 0.717) is 22.4 Å². The second-order valence-corrected chi connectivity index (χ2v) is 6.29. The lowest BCUT2D eigenvalue weighted by Gasteiger charge is -2.26. The number of H-pyrrole nitrogens is 1. The average Bonchev–Trinajstić information content (AvgIpc) is 2.65. The minimum absolute atomic E-state index is 0.0237. The van der Waals surface area contributed by atoms with E-state index >= 15 is 0 Å². The summed E-state index contributed by atoms with van der Waals surface area (Å²) >= 11 is 0. The number of aromatic amines is 1. The molecule has 0 bridgehead atoms. The van der Waals surface area contributed by atoms with Crippen molar-refractivity contribution in [3.63, 3.8) is 0 Å². The Hall–Kier alpha value is -3.68. The molecule has 3 aromatic rings. The maximum absolute atomic E-state index is 12.5. The summed E-state index contributed by atoms with van der Waals surface area (Å²) in [5.74, 6) is -0.697. The second kappa shape index (κ2) is 6.56. The van der Waals surface area contributed by atoms with Gasteiger partial charge in [0.2, 0.25) is 11.8 Å². The van der Waals surface area contributed by atoms with E-state index in [4.69, 9.17) is 0 Å². The van der Waals surface area contributed by atoms with Gasteiger partial charge in [-0.3, -0.25) is 23.7 Å². The van der Waals surface area contributed by atoms with Crippen LogP contribution in [0.4, 0.5) is 11.4 Å². The summed E-state index contributed by atoms with van der Waals surface area (Å²) in [5.41, 5.74) is 0.407. The minimum Gasteiger partial charge on any atom is -0.326 e. The van der Waals surface area contributed by atoms with Gasteiger partial charge in [-0.05, 0) is 30.7 Å². The van der Waals surface area contributed by atoms with Crippen molar-refractivity contribution in [2.45, 2.75) is 18.9 Å². The number of nitrogens with zero attached hydrogens (tertiary/aromatic N) is 1. The molecule has 0 aliphatic carbocycles. The molecular weight excluding hydrogens is 348 g/mol. The molecule has 0 fully saturated rings. The van der Waals surface area contributed by atoms with Crippen LogP contribution in [0.5, 0.6) is 0 Å². The van der Waals surface area contributed by atoms with Gasteiger partial charge in [-0.25, -0.2) is 0 Å². The molecule has 4 rings (SSSR count). The number of hydrogen-bond acceptors (Lipinski definition) is 4. The van der Waals surface area contributed by atoms with E-state index in [-0.39, 0.29) is 18.7 Å². The van der Waals surface area contributed by atoms with Gasteiger partial charge < -0.3 is 15.6 Å². The standard InChI is InChI=1S/C19H16N4O4/c24-15(20-11-5-2-1-3-6-11)10-9-14-17(25)21-12-7-4-8-13-16(12)23(14)19(27)18(26)22-13/h1-8,14H,9-10H2,(H,20,24)(H,21,25)(H,22,26). The monoisotopic (exact) mass is 364 g/mol. The fraction of sp³-hybridized carbons (Fsp3) is 0.158. The number of benzene rings is 2. The fourth-order valence-corrected chi connectivity index (χ4v) is 3.30. The van der Waals surface area contributed by atoms with Gasteiger partial charge >= 0.3 is 11.1 Å². The Morgan fingerprint density at radius 1 is 1.04 bits per heavy atom. The number of para-hydroxylation sites is 2. The van der Waals surface area contributed by atoms with Crippen molar-refractivity contribution in [2.75, 3.05) is 10.6 Å². The predicted molar refractivity (Wildman–Crippen MR) is 101 cm³/mol. The van der Waals surface area contributed by atoms with Crippen molar-refractivity contribution in [1.29, 1.82) is 0 Å². The van der Waals surface area contributed by atoms with Gasteiger partial charge in [0.15, 0.2) is 0 Å². The summed E-state index contributed by atoms with van der Waals surface area (Å²) in [7, 11) is 0. The zero-order valence-electron chi connectivity index (χ0n) is 14.2. The van der Waals surface area contributed by atoms with Crippen molar-refractivity contribution >= 4 is 34.2 Å². The number of rotatable bonds is 4. The maximum atomic E-state index is 12.5. The molecule has 0 saturated carbocycles. The van der Waals surface area contributed by atoms with Crippen LogP contribution in [0, 0.1) is 0 Å². The summed E-state index contributed by atoms with van der Waals surface area (Å²) in [6.45, 7) is 0. The quantitative estimate of drug-likeness (QED) is 0.610. The summed E-state index contributed by atoms with van der Waals surface area (Å²) in [6, 6.07) is 13.0. The summed E-state index contributed by atoms with van der Waals surface area (Å²) < 4.78 is 1.19. The zero-order valence-corrected chi connectivity index (χ0v) is 14.2. The molecule has 2 aromatic carbocycles. The molecule has 2 heterocycles. The Kier molecular flexibility index (Phi) is 4.08. The van der Waals surface area contributed by atoms with E-state index in [1.807, 2.05) is 6.07 Å². The van der Waals surface area contributed by atoms with Crippen LogP contribution >= 0.6 is 0 Å². The lowest BCUT2D eigenvalue weighted by Crippen LogP contribution is -2.44. The van der Waals surface area contributed by atoms with Crippen LogP contribution < -0.4 is 21.8 Å². The molecule has 136 valence electrons. The zero-order chi connectivity index (χ0) is 19.0. The van der Waals surface area contributed by atoms with E-state index in [9.17, 15) is 19.2 Å². The van der Waals surface area contributed by atoms with Crippen molar-refractivity contribution in [1.82, 2.24) is 9.55 Å². The fourth-order valence-electron chi connectivity index (χ4n) is 3.30. The Morgan fingerprint density at radius 2 is 1.81 bits per heavy atom. The van der Waals surface area contributed by atoms with Gasteiger partial charge in [0.05, 0.1) is 16.7 Å². The van der Waals surface area contributed by atoms with Crippen molar-refractivity contribution in [2.24, 2.45) is 0 Å². The third-order valence-electron chi connectivity index (χ3n) is 4.51. The van der Waals surface area contributed by atoms with Crippen LogP contribution in [0.2, 0.25) is 0 Å². The Bertz CT molecular complexity index is 1160. The lowest BCUT2D eigenvalue weighted by atomic mass is 10.1. The summed E-state index contributed by atoms with van der Waals surface area (Å²) in [4.78, 5) is 51.7. The average molecular weight is 364 g/mol. The molecule has 0 saturated heterocycles. The molecule has 1 aliphatic heterocycles. The van der Waals surface area contributed by atoms with Crippen LogP contribution in [-0.4, -0.2) is 21.4 Å². The number of carbonyl (C=O) groups excluding carboxylic acids is 2. The number of anilines is 2. The topological polar surface area (TPSA) is 113 Å². The second-order valence-electron chi connectivity index (χ2n) is 6.29. The molecule has 8 nitrogen and oxygen atoms in total. The number of hydrogen-bond donors (Lipinski definition) is 3. The van der Waals surface area contributed by atoms with Crippen LogP contribution in [0.25, 0.3) is 11.0 Å². The highest BCUT2D eigenvalue weighted by molar-refractivity contribution is 6.05. The lowest BCUT2D eigenvalue weighted by molar-refractivity contribution is -0.120. The van der Waals surface area contributed by atoms with Crippen molar-refractivity contribution in [3.8, 4) is 0 Å². The highest BCUT2D eigenvalue weighted by Crippen LogP contribution is 2.30. The van der Waals surface area contributed by atoms with E-state index in [1.165, 1.54) is 4.57 Å². The Balaban J connectivity index is 1.64. The van der Waals surface area contributed by atoms with Crippen LogP contribution in [0.1, 0.15) is 18.9 Å². The van der Waals surface area contributed by atoms with E-state index < -0.39 is 23.1 Å². The van der Waals surface area contributed by atoms with Crippen molar-refractivity contribution < 1.29 is 9.59 Å². The summed E-state index contributed by atoms with van der Waals surface area (Å²) in [6.07, 6.45) is 0.118. The molecule has 0 radical (unpaired) electrons.